The molecule has 0 atom stereocenters. The Morgan fingerprint density at radius 3 is 2.41 bits per heavy atom. The summed E-state index contributed by atoms with van der Waals surface area (Å²) in [5.41, 5.74) is 0. The summed E-state index contributed by atoms with van der Waals surface area (Å²) in [5, 5.41) is 0. The first kappa shape index (κ1) is 14.6. The third kappa shape index (κ3) is 5.13. The third-order valence-corrected chi connectivity index (χ3v) is 4.21. The average Bonchev–Trinajstić information content (AvgIpc) is 2.28. The molecule has 0 aliphatic carbocycles. The van der Waals surface area contributed by atoms with E-state index in [0.717, 1.165) is 26.1 Å². The highest BCUT2D eigenvalue weighted by molar-refractivity contribution is 8.21. The summed E-state index contributed by atoms with van der Waals surface area (Å²) in [6.45, 7) is 6.96. The molecule has 1 amide bonds. The molecule has 0 aromatic rings. The second-order valence-electron chi connectivity index (χ2n) is 4.22. The Bertz CT molecular complexity index is 272. The molecule has 1 heterocycles. The SMILES string of the molecule is C=NC(=O)CCCN1CCN(S(C)(O)O)CC1. The van der Waals surface area contributed by atoms with Crippen LogP contribution in [0.2, 0.25) is 0 Å². The van der Waals surface area contributed by atoms with Gasteiger partial charge >= 0.3 is 0 Å². The molecular formula is C10H21N3O3S. The van der Waals surface area contributed by atoms with Gasteiger partial charge in [0, 0.05) is 38.9 Å². The van der Waals surface area contributed by atoms with Gasteiger partial charge in [-0.3, -0.25) is 13.9 Å². The van der Waals surface area contributed by atoms with E-state index in [9.17, 15) is 13.9 Å². The molecule has 0 saturated carbocycles. The summed E-state index contributed by atoms with van der Waals surface area (Å²) in [6.07, 6.45) is 2.67. The first-order chi connectivity index (χ1) is 7.93. The molecule has 7 heteroatoms. The van der Waals surface area contributed by atoms with E-state index >= 15 is 0 Å². The van der Waals surface area contributed by atoms with Crippen LogP contribution in [0, 0.1) is 0 Å². The highest BCUT2D eigenvalue weighted by Crippen LogP contribution is 2.38. The summed E-state index contributed by atoms with van der Waals surface area (Å²) in [7, 11) is -2.56. The Hall–Kier alpha value is -0.470. The molecule has 0 bridgehead atoms. The monoisotopic (exact) mass is 263 g/mol. The second-order valence-corrected chi connectivity index (χ2v) is 6.32. The summed E-state index contributed by atoms with van der Waals surface area (Å²) >= 11 is 0. The van der Waals surface area contributed by atoms with Crippen LogP contribution in [0.1, 0.15) is 12.8 Å². The van der Waals surface area contributed by atoms with Gasteiger partial charge in [-0.05, 0) is 19.7 Å². The number of nitrogens with zero attached hydrogens (tertiary/aromatic N) is 3. The second kappa shape index (κ2) is 6.46. The fourth-order valence-corrected chi connectivity index (χ4v) is 2.69. The van der Waals surface area contributed by atoms with Crippen LogP contribution >= 0.6 is 10.8 Å². The maximum Gasteiger partial charge on any atom is 0.245 e. The molecule has 100 valence electrons. The Morgan fingerprint density at radius 2 is 1.94 bits per heavy atom. The summed E-state index contributed by atoms with van der Waals surface area (Å²) in [6, 6.07) is 0. The lowest BCUT2D eigenvalue weighted by Crippen LogP contribution is -2.47. The first-order valence-electron chi connectivity index (χ1n) is 5.63. The number of rotatable bonds is 5. The van der Waals surface area contributed by atoms with Crippen LogP contribution in [0.4, 0.5) is 0 Å². The lowest BCUT2D eigenvalue weighted by molar-refractivity contribution is -0.117. The van der Waals surface area contributed by atoms with E-state index in [-0.39, 0.29) is 5.91 Å². The van der Waals surface area contributed by atoms with Crippen molar-refractivity contribution in [1.29, 1.82) is 0 Å². The minimum absolute atomic E-state index is 0.161. The fourth-order valence-electron chi connectivity index (χ4n) is 1.83. The molecule has 1 fully saturated rings. The highest BCUT2D eigenvalue weighted by Gasteiger charge is 2.23. The molecule has 6 nitrogen and oxygen atoms in total. The zero-order valence-corrected chi connectivity index (χ0v) is 11.0. The van der Waals surface area contributed by atoms with Crippen LogP contribution in [0.15, 0.2) is 4.99 Å². The van der Waals surface area contributed by atoms with Crippen molar-refractivity contribution >= 4 is 23.4 Å². The lowest BCUT2D eigenvalue weighted by atomic mass is 10.2. The van der Waals surface area contributed by atoms with Gasteiger partial charge in [0.15, 0.2) is 0 Å². The third-order valence-electron chi connectivity index (χ3n) is 2.86. The van der Waals surface area contributed by atoms with E-state index in [1.807, 2.05) is 0 Å². The van der Waals surface area contributed by atoms with Crippen molar-refractivity contribution in [3.8, 4) is 0 Å². The van der Waals surface area contributed by atoms with Crippen molar-refractivity contribution in [2.75, 3.05) is 39.0 Å². The van der Waals surface area contributed by atoms with Gasteiger partial charge in [0.05, 0.1) is 0 Å². The molecule has 17 heavy (non-hydrogen) atoms. The van der Waals surface area contributed by atoms with E-state index in [2.05, 4.69) is 16.6 Å². The van der Waals surface area contributed by atoms with Gasteiger partial charge in [0.2, 0.25) is 5.91 Å². The smallest absolute Gasteiger partial charge is 0.245 e. The van der Waals surface area contributed by atoms with E-state index in [1.165, 1.54) is 6.26 Å². The summed E-state index contributed by atoms with van der Waals surface area (Å²) in [4.78, 5) is 16.5. The van der Waals surface area contributed by atoms with Crippen LogP contribution < -0.4 is 0 Å². The zero-order valence-electron chi connectivity index (χ0n) is 10.2. The molecule has 1 aliphatic rings. The Balaban J connectivity index is 2.19. The van der Waals surface area contributed by atoms with Gasteiger partial charge in [-0.15, -0.1) is 10.8 Å². The van der Waals surface area contributed by atoms with Gasteiger partial charge in [-0.2, -0.15) is 0 Å². The predicted octanol–water partition coefficient (Wildman–Crippen LogP) is 0.907. The molecule has 0 radical (unpaired) electrons. The van der Waals surface area contributed by atoms with Crippen molar-refractivity contribution in [3.05, 3.63) is 0 Å². The highest BCUT2D eigenvalue weighted by atomic mass is 32.3. The number of aliphatic imine (C=N–C) groups is 1. The van der Waals surface area contributed by atoms with E-state index < -0.39 is 10.8 Å². The van der Waals surface area contributed by atoms with Crippen molar-refractivity contribution in [1.82, 2.24) is 9.21 Å². The normalized spacial score (nSPS) is 20.2. The minimum atomic E-state index is -2.56. The van der Waals surface area contributed by atoms with Crippen molar-refractivity contribution in [3.63, 3.8) is 0 Å². The van der Waals surface area contributed by atoms with Gasteiger partial charge in [-0.25, -0.2) is 9.30 Å². The van der Waals surface area contributed by atoms with Crippen molar-refractivity contribution < 1.29 is 13.9 Å². The summed E-state index contributed by atoms with van der Waals surface area (Å²) < 4.78 is 20.7. The largest absolute Gasteiger partial charge is 0.301 e. The van der Waals surface area contributed by atoms with Gasteiger partial charge in [0.25, 0.3) is 0 Å². The van der Waals surface area contributed by atoms with E-state index in [0.29, 0.717) is 19.5 Å². The van der Waals surface area contributed by atoms with Crippen LogP contribution in [0.5, 0.6) is 0 Å². The topological polar surface area (TPSA) is 76.4 Å². The number of carbonyl (C=O) groups is 1. The number of hydrogen-bond acceptors (Lipinski definition) is 5. The Kier molecular flexibility index (Phi) is 5.54. The lowest BCUT2D eigenvalue weighted by Gasteiger charge is -2.44. The number of hydrogen-bond donors (Lipinski definition) is 2. The van der Waals surface area contributed by atoms with Crippen molar-refractivity contribution in [2.45, 2.75) is 12.8 Å². The molecule has 0 aromatic carbocycles. The fraction of sp³-hybridized carbons (Fsp3) is 0.800. The molecule has 2 N–H and O–H groups in total. The van der Waals surface area contributed by atoms with Crippen LogP contribution in [-0.2, 0) is 4.79 Å². The molecule has 0 unspecified atom stereocenters. The average molecular weight is 263 g/mol. The molecular weight excluding hydrogens is 242 g/mol. The first-order valence-corrected chi connectivity index (χ1v) is 7.55. The van der Waals surface area contributed by atoms with Gasteiger partial charge < -0.3 is 4.90 Å². The number of carbonyl (C=O) groups excluding carboxylic acids is 1. The molecule has 1 rings (SSSR count). The van der Waals surface area contributed by atoms with Crippen LogP contribution in [0.25, 0.3) is 0 Å². The van der Waals surface area contributed by atoms with Crippen LogP contribution in [0.3, 0.4) is 0 Å². The van der Waals surface area contributed by atoms with Gasteiger partial charge in [-0.1, -0.05) is 0 Å². The molecule has 0 spiro atoms. The zero-order chi connectivity index (χ0) is 12.9. The van der Waals surface area contributed by atoms with Crippen molar-refractivity contribution in [2.24, 2.45) is 4.99 Å². The molecule has 1 saturated heterocycles. The van der Waals surface area contributed by atoms with Gasteiger partial charge in [0.1, 0.15) is 0 Å². The van der Waals surface area contributed by atoms with E-state index in [4.69, 9.17) is 0 Å². The Morgan fingerprint density at radius 1 is 1.35 bits per heavy atom. The maximum absolute atomic E-state index is 10.9. The number of amides is 1. The predicted molar refractivity (Wildman–Crippen MR) is 70.6 cm³/mol. The summed E-state index contributed by atoms with van der Waals surface area (Å²) in [5.74, 6) is -0.161. The van der Waals surface area contributed by atoms with Crippen LogP contribution in [-0.4, -0.2) is 69.9 Å². The number of piperazine rings is 1. The standard InChI is InChI=1S/C10H21N3O3S/c1-11-10(14)4-3-5-12-6-8-13(9-7-12)17(2,15)16/h15-16H,1,3-9H2,2H3. The quantitative estimate of drug-likeness (QED) is 0.721. The molecule has 1 aliphatic heterocycles. The maximum atomic E-state index is 10.9. The Labute approximate surface area is 104 Å². The van der Waals surface area contributed by atoms with E-state index in [1.54, 1.807) is 4.31 Å². The molecule has 0 aromatic heterocycles. The minimum Gasteiger partial charge on any atom is -0.301 e.